The summed E-state index contributed by atoms with van der Waals surface area (Å²) >= 11 is 0. The maximum atomic E-state index is 11.8. The Morgan fingerprint density at radius 2 is 2.00 bits per heavy atom. The van der Waals surface area contributed by atoms with Gasteiger partial charge in [-0.2, -0.15) is 0 Å². The van der Waals surface area contributed by atoms with E-state index in [0.717, 1.165) is 6.42 Å². The molecule has 4 heteroatoms. The lowest BCUT2D eigenvalue weighted by atomic mass is 9.63. The fourth-order valence-corrected chi connectivity index (χ4v) is 1.99. The van der Waals surface area contributed by atoms with Crippen LogP contribution in [0.2, 0.25) is 0 Å². The summed E-state index contributed by atoms with van der Waals surface area (Å²) in [6.45, 7) is 3.88. The highest BCUT2D eigenvalue weighted by Gasteiger charge is 2.55. The Balaban J connectivity index is 2.71. The molecule has 0 atom stereocenters. The van der Waals surface area contributed by atoms with Crippen molar-refractivity contribution in [2.24, 2.45) is 5.41 Å². The minimum absolute atomic E-state index is 0.0891. The molecule has 0 saturated heterocycles. The third kappa shape index (κ3) is 2.20. The van der Waals surface area contributed by atoms with Gasteiger partial charge in [0, 0.05) is 6.42 Å². The van der Waals surface area contributed by atoms with Crippen molar-refractivity contribution in [3.8, 4) is 0 Å². The molecular formula is C11H18O4. The molecule has 1 saturated carbocycles. The quantitative estimate of drug-likeness (QED) is 0.549. The van der Waals surface area contributed by atoms with Gasteiger partial charge in [-0.3, -0.25) is 9.59 Å². The van der Waals surface area contributed by atoms with Gasteiger partial charge in [0.25, 0.3) is 0 Å². The molecule has 1 N–H and O–H groups in total. The van der Waals surface area contributed by atoms with Gasteiger partial charge in [-0.25, -0.2) is 0 Å². The van der Waals surface area contributed by atoms with Crippen molar-refractivity contribution in [1.29, 1.82) is 0 Å². The highest BCUT2D eigenvalue weighted by molar-refractivity contribution is 6.05. The van der Waals surface area contributed by atoms with Crippen LogP contribution in [0.3, 0.4) is 0 Å². The second kappa shape index (κ2) is 4.75. The summed E-state index contributed by atoms with van der Waals surface area (Å²) in [6, 6.07) is 0. The molecule has 1 aliphatic carbocycles. The molecule has 0 bridgehead atoms. The zero-order chi connectivity index (χ0) is 11.5. The molecular weight excluding hydrogens is 196 g/mol. The maximum absolute atomic E-state index is 11.8. The Bertz CT molecular complexity index is 233. The lowest BCUT2D eigenvalue weighted by Crippen LogP contribution is -2.53. The lowest BCUT2D eigenvalue weighted by molar-refractivity contribution is -0.174. The fourth-order valence-electron chi connectivity index (χ4n) is 1.99. The van der Waals surface area contributed by atoms with Crippen LogP contribution in [-0.2, 0) is 14.3 Å². The number of hydrogen-bond donors (Lipinski definition) is 1. The first-order valence-electron chi connectivity index (χ1n) is 5.45. The van der Waals surface area contributed by atoms with E-state index in [1.54, 1.807) is 6.92 Å². The van der Waals surface area contributed by atoms with E-state index in [0.29, 0.717) is 6.42 Å². The summed E-state index contributed by atoms with van der Waals surface area (Å²) in [7, 11) is 0. The molecule has 86 valence electrons. The lowest BCUT2D eigenvalue weighted by Gasteiger charge is -2.41. The van der Waals surface area contributed by atoms with Crippen LogP contribution < -0.4 is 0 Å². The van der Waals surface area contributed by atoms with Gasteiger partial charge < -0.3 is 9.84 Å². The highest BCUT2D eigenvalue weighted by Crippen LogP contribution is 2.44. The smallest absolute Gasteiger partial charge is 0.319 e. The molecule has 1 fully saturated rings. The van der Waals surface area contributed by atoms with Crippen LogP contribution in [0.5, 0.6) is 0 Å². The van der Waals surface area contributed by atoms with E-state index in [-0.39, 0.29) is 25.2 Å². The van der Waals surface area contributed by atoms with Crippen molar-refractivity contribution in [1.82, 2.24) is 0 Å². The molecule has 15 heavy (non-hydrogen) atoms. The molecule has 0 radical (unpaired) electrons. The molecule has 1 aliphatic rings. The largest absolute Gasteiger partial charge is 0.465 e. The first-order valence-corrected chi connectivity index (χ1v) is 5.45. The molecule has 4 nitrogen and oxygen atoms in total. The summed E-state index contributed by atoms with van der Waals surface area (Å²) < 4.78 is 4.89. The Morgan fingerprint density at radius 3 is 2.40 bits per heavy atom. The second-order valence-electron chi connectivity index (χ2n) is 4.04. The van der Waals surface area contributed by atoms with Gasteiger partial charge in [0.15, 0.2) is 0 Å². The normalized spacial score (nSPS) is 29.4. The average Bonchev–Trinajstić information content (AvgIpc) is 2.13. The minimum Gasteiger partial charge on any atom is -0.465 e. The van der Waals surface area contributed by atoms with Crippen molar-refractivity contribution in [3.63, 3.8) is 0 Å². The molecule has 0 aromatic heterocycles. The third-order valence-corrected chi connectivity index (χ3v) is 2.85. The fraction of sp³-hybridized carbons (Fsp3) is 0.818. The number of esters is 1. The predicted octanol–water partition coefficient (Wildman–Crippen LogP) is 1.06. The highest BCUT2D eigenvalue weighted by atomic mass is 16.5. The van der Waals surface area contributed by atoms with E-state index in [9.17, 15) is 14.7 Å². The van der Waals surface area contributed by atoms with Gasteiger partial charge in [0.05, 0.1) is 12.7 Å². The molecule has 0 amide bonds. The number of carbonyl (C=O) groups excluding carboxylic acids is 2. The SMILES string of the molecule is CCCC(=O)C1(C(=O)OCC)CC(O)C1. The molecule has 0 spiro atoms. The van der Waals surface area contributed by atoms with E-state index in [2.05, 4.69) is 0 Å². The minimum atomic E-state index is -1.04. The van der Waals surface area contributed by atoms with Gasteiger partial charge in [-0.1, -0.05) is 6.92 Å². The van der Waals surface area contributed by atoms with E-state index < -0.39 is 17.5 Å². The average molecular weight is 214 g/mol. The van der Waals surface area contributed by atoms with Crippen LogP contribution in [0.4, 0.5) is 0 Å². The standard InChI is InChI=1S/C11H18O4/c1-3-5-9(13)11(6-8(12)7-11)10(14)15-4-2/h8,12H,3-7H2,1-2H3. The predicted molar refractivity (Wildman–Crippen MR) is 54.2 cm³/mol. The van der Waals surface area contributed by atoms with Crippen molar-refractivity contribution in [3.05, 3.63) is 0 Å². The van der Waals surface area contributed by atoms with Gasteiger partial charge >= 0.3 is 5.97 Å². The van der Waals surface area contributed by atoms with E-state index in [1.165, 1.54) is 0 Å². The van der Waals surface area contributed by atoms with E-state index in [4.69, 9.17) is 4.74 Å². The van der Waals surface area contributed by atoms with Crippen molar-refractivity contribution in [2.45, 2.75) is 45.6 Å². The number of ketones is 1. The Kier molecular flexibility index (Phi) is 3.85. The molecule has 0 heterocycles. The third-order valence-electron chi connectivity index (χ3n) is 2.85. The van der Waals surface area contributed by atoms with Gasteiger partial charge in [0.1, 0.15) is 11.2 Å². The van der Waals surface area contributed by atoms with Crippen LogP contribution in [0.1, 0.15) is 39.5 Å². The van der Waals surface area contributed by atoms with E-state index in [1.807, 2.05) is 6.92 Å². The van der Waals surface area contributed by atoms with Crippen LogP contribution in [0.25, 0.3) is 0 Å². The summed E-state index contributed by atoms with van der Waals surface area (Å²) in [5, 5.41) is 9.26. The van der Waals surface area contributed by atoms with Gasteiger partial charge in [-0.05, 0) is 26.2 Å². The molecule has 0 aromatic rings. The Hall–Kier alpha value is -0.900. The van der Waals surface area contributed by atoms with Crippen LogP contribution in [-0.4, -0.2) is 29.6 Å². The summed E-state index contributed by atoms with van der Waals surface area (Å²) in [5.74, 6) is -0.553. The van der Waals surface area contributed by atoms with Crippen LogP contribution in [0, 0.1) is 5.41 Å². The number of Topliss-reactive ketones (excluding diaryl/α,β-unsaturated/α-hetero) is 1. The Labute approximate surface area is 89.6 Å². The maximum Gasteiger partial charge on any atom is 0.319 e. The number of aliphatic hydroxyl groups is 1. The summed E-state index contributed by atoms with van der Waals surface area (Å²) in [5.41, 5.74) is -1.04. The van der Waals surface area contributed by atoms with Crippen molar-refractivity contribution >= 4 is 11.8 Å². The number of aliphatic hydroxyl groups excluding tert-OH is 1. The number of carbonyl (C=O) groups is 2. The molecule has 0 aliphatic heterocycles. The second-order valence-corrected chi connectivity index (χ2v) is 4.04. The first kappa shape index (κ1) is 12.2. The Morgan fingerprint density at radius 1 is 1.40 bits per heavy atom. The number of ether oxygens (including phenoxy) is 1. The summed E-state index contributed by atoms with van der Waals surface area (Å²) in [6.07, 6.45) is 1.02. The zero-order valence-electron chi connectivity index (χ0n) is 9.28. The van der Waals surface area contributed by atoms with Crippen molar-refractivity contribution < 1.29 is 19.4 Å². The molecule has 1 rings (SSSR count). The molecule has 0 aromatic carbocycles. The van der Waals surface area contributed by atoms with E-state index >= 15 is 0 Å². The monoisotopic (exact) mass is 214 g/mol. The van der Waals surface area contributed by atoms with Crippen LogP contribution >= 0.6 is 0 Å². The van der Waals surface area contributed by atoms with Crippen molar-refractivity contribution in [2.75, 3.05) is 6.61 Å². The zero-order valence-corrected chi connectivity index (χ0v) is 9.28. The van der Waals surface area contributed by atoms with Gasteiger partial charge in [-0.15, -0.1) is 0 Å². The number of hydrogen-bond acceptors (Lipinski definition) is 4. The molecule has 0 unspecified atom stereocenters. The van der Waals surface area contributed by atoms with Crippen LogP contribution in [0.15, 0.2) is 0 Å². The first-order chi connectivity index (χ1) is 7.06. The summed E-state index contributed by atoms with van der Waals surface area (Å²) in [4.78, 5) is 23.5. The van der Waals surface area contributed by atoms with Gasteiger partial charge in [0.2, 0.25) is 0 Å². The topological polar surface area (TPSA) is 63.6 Å². The number of rotatable bonds is 5.